The Morgan fingerprint density at radius 1 is 1.15 bits per heavy atom. The van der Waals surface area contributed by atoms with Crippen LogP contribution >= 0.6 is 0 Å². The van der Waals surface area contributed by atoms with Gasteiger partial charge in [0.25, 0.3) is 11.8 Å². The molecule has 102 valence electrons. The Bertz CT molecular complexity index is 626. The van der Waals surface area contributed by atoms with Crippen molar-refractivity contribution in [3.05, 3.63) is 54.1 Å². The molecule has 0 radical (unpaired) electrons. The molecule has 0 atom stereocenters. The van der Waals surface area contributed by atoms with Crippen LogP contribution in [0.1, 0.15) is 20.8 Å². The van der Waals surface area contributed by atoms with Crippen LogP contribution in [0.4, 0.5) is 5.69 Å². The summed E-state index contributed by atoms with van der Waals surface area (Å²) >= 11 is 0. The van der Waals surface area contributed by atoms with E-state index in [9.17, 15) is 9.59 Å². The highest BCUT2D eigenvalue weighted by Crippen LogP contribution is 2.11. The molecule has 0 aliphatic rings. The summed E-state index contributed by atoms with van der Waals surface area (Å²) in [5, 5.41) is 2.68. The number of hydrogen-bond donors (Lipinski definition) is 1. The van der Waals surface area contributed by atoms with Crippen molar-refractivity contribution in [2.75, 3.05) is 19.4 Å². The smallest absolute Gasteiger partial charge is 0.272 e. The lowest BCUT2D eigenvalue weighted by Crippen LogP contribution is -2.26. The summed E-state index contributed by atoms with van der Waals surface area (Å²) in [6.07, 6.45) is 4.63. The van der Waals surface area contributed by atoms with E-state index in [-0.39, 0.29) is 17.2 Å². The molecule has 2 heterocycles. The molecule has 0 aromatic carbocycles. The van der Waals surface area contributed by atoms with Gasteiger partial charge in [-0.2, -0.15) is 0 Å². The van der Waals surface area contributed by atoms with Gasteiger partial charge >= 0.3 is 0 Å². The van der Waals surface area contributed by atoms with Crippen LogP contribution in [-0.2, 0) is 0 Å². The van der Waals surface area contributed by atoms with Crippen LogP contribution in [0.3, 0.4) is 0 Å². The minimum atomic E-state index is -0.392. The first-order chi connectivity index (χ1) is 9.59. The molecule has 6 heteroatoms. The zero-order valence-corrected chi connectivity index (χ0v) is 11.2. The lowest BCUT2D eigenvalue weighted by atomic mass is 10.1. The molecule has 2 amide bonds. The number of nitrogens with zero attached hydrogens (tertiary/aromatic N) is 3. The standard InChI is InChI=1S/C14H14N4O2/c1-18(2)14(20)12-11(6-4-8-16-12)13(19)17-10-5-3-7-15-9-10/h3-9H,1-2H3,(H,17,19). The van der Waals surface area contributed by atoms with Crippen LogP contribution in [0.2, 0.25) is 0 Å². The number of aromatic nitrogens is 2. The zero-order chi connectivity index (χ0) is 14.5. The van der Waals surface area contributed by atoms with E-state index in [0.29, 0.717) is 5.69 Å². The highest BCUT2D eigenvalue weighted by molar-refractivity contribution is 6.11. The molecule has 0 fully saturated rings. The molecule has 2 aromatic rings. The number of amides is 2. The number of carbonyl (C=O) groups excluding carboxylic acids is 2. The van der Waals surface area contributed by atoms with E-state index in [1.807, 2.05) is 0 Å². The number of hydrogen-bond acceptors (Lipinski definition) is 4. The van der Waals surface area contributed by atoms with Gasteiger partial charge < -0.3 is 10.2 Å². The summed E-state index contributed by atoms with van der Waals surface area (Å²) in [4.78, 5) is 33.5. The van der Waals surface area contributed by atoms with Crippen LogP contribution in [0.15, 0.2) is 42.9 Å². The van der Waals surface area contributed by atoms with Crippen molar-refractivity contribution >= 4 is 17.5 Å². The molecule has 0 unspecified atom stereocenters. The highest BCUT2D eigenvalue weighted by atomic mass is 16.2. The molecular formula is C14H14N4O2. The van der Waals surface area contributed by atoms with Crippen molar-refractivity contribution in [1.29, 1.82) is 0 Å². The van der Waals surface area contributed by atoms with E-state index in [1.54, 1.807) is 44.6 Å². The summed E-state index contributed by atoms with van der Waals surface area (Å²) in [5.74, 6) is -0.710. The van der Waals surface area contributed by atoms with E-state index in [1.165, 1.54) is 17.3 Å². The summed E-state index contributed by atoms with van der Waals surface area (Å²) in [6.45, 7) is 0. The van der Waals surface area contributed by atoms with Crippen LogP contribution in [-0.4, -0.2) is 40.8 Å². The first-order valence-corrected chi connectivity index (χ1v) is 5.97. The Kier molecular flexibility index (Phi) is 4.05. The predicted molar refractivity (Wildman–Crippen MR) is 74.4 cm³/mol. The molecule has 2 aromatic heterocycles. The lowest BCUT2D eigenvalue weighted by Gasteiger charge is -2.12. The van der Waals surface area contributed by atoms with Crippen molar-refractivity contribution < 1.29 is 9.59 Å². The first-order valence-electron chi connectivity index (χ1n) is 5.97. The van der Waals surface area contributed by atoms with Gasteiger partial charge in [-0.25, -0.2) is 0 Å². The van der Waals surface area contributed by atoms with Crippen LogP contribution < -0.4 is 5.32 Å². The Balaban J connectivity index is 2.29. The molecule has 0 bridgehead atoms. The molecule has 20 heavy (non-hydrogen) atoms. The second kappa shape index (κ2) is 5.92. The number of pyridine rings is 2. The van der Waals surface area contributed by atoms with Crippen LogP contribution in [0, 0.1) is 0 Å². The minimum Gasteiger partial charge on any atom is -0.343 e. The van der Waals surface area contributed by atoms with Crippen molar-refractivity contribution in [2.24, 2.45) is 0 Å². The predicted octanol–water partition coefficient (Wildman–Crippen LogP) is 1.43. The van der Waals surface area contributed by atoms with E-state index < -0.39 is 5.91 Å². The molecule has 0 aliphatic heterocycles. The Morgan fingerprint density at radius 3 is 2.55 bits per heavy atom. The highest BCUT2D eigenvalue weighted by Gasteiger charge is 2.19. The first kappa shape index (κ1) is 13.7. The summed E-state index contributed by atoms with van der Waals surface area (Å²) < 4.78 is 0. The van der Waals surface area contributed by atoms with Crippen molar-refractivity contribution in [2.45, 2.75) is 0 Å². The van der Waals surface area contributed by atoms with Gasteiger partial charge in [0.2, 0.25) is 0 Å². The normalized spacial score (nSPS) is 9.90. The maximum atomic E-state index is 12.2. The molecular weight excluding hydrogens is 256 g/mol. The van der Waals surface area contributed by atoms with Gasteiger partial charge in [-0.15, -0.1) is 0 Å². The Morgan fingerprint density at radius 2 is 1.90 bits per heavy atom. The molecule has 0 aliphatic carbocycles. The fourth-order valence-electron chi connectivity index (χ4n) is 1.61. The SMILES string of the molecule is CN(C)C(=O)c1ncccc1C(=O)Nc1cccnc1. The molecule has 0 saturated carbocycles. The van der Waals surface area contributed by atoms with Gasteiger partial charge in [-0.05, 0) is 24.3 Å². The van der Waals surface area contributed by atoms with Gasteiger partial charge in [0.1, 0.15) is 5.69 Å². The molecule has 1 N–H and O–H groups in total. The maximum absolute atomic E-state index is 12.2. The van der Waals surface area contributed by atoms with E-state index in [4.69, 9.17) is 0 Å². The van der Waals surface area contributed by atoms with Gasteiger partial charge in [-0.3, -0.25) is 19.6 Å². The largest absolute Gasteiger partial charge is 0.343 e. The molecule has 0 spiro atoms. The third kappa shape index (κ3) is 2.97. The summed E-state index contributed by atoms with van der Waals surface area (Å²) in [6, 6.07) is 6.61. The van der Waals surface area contributed by atoms with E-state index in [2.05, 4.69) is 15.3 Å². The average molecular weight is 270 g/mol. The quantitative estimate of drug-likeness (QED) is 0.915. The van der Waals surface area contributed by atoms with Crippen LogP contribution in [0.5, 0.6) is 0 Å². The van der Waals surface area contributed by atoms with Gasteiger partial charge in [0.05, 0.1) is 17.4 Å². The van der Waals surface area contributed by atoms with E-state index in [0.717, 1.165) is 0 Å². The fourth-order valence-corrected chi connectivity index (χ4v) is 1.61. The van der Waals surface area contributed by atoms with Crippen LogP contribution in [0.25, 0.3) is 0 Å². The Labute approximate surface area is 116 Å². The maximum Gasteiger partial charge on any atom is 0.272 e. The summed E-state index contributed by atoms with van der Waals surface area (Å²) in [5.41, 5.74) is 0.915. The fraction of sp³-hybridized carbons (Fsp3) is 0.143. The average Bonchev–Trinajstić information content (AvgIpc) is 2.47. The van der Waals surface area contributed by atoms with Gasteiger partial charge in [-0.1, -0.05) is 0 Å². The zero-order valence-electron chi connectivity index (χ0n) is 11.2. The van der Waals surface area contributed by atoms with E-state index >= 15 is 0 Å². The van der Waals surface area contributed by atoms with Crippen molar-refractivity contribution in [3.63, 3.8) is 0 Å². The van der Waals surface area contributed by atoms with Crippen molar-refractivity contribution in [3.8, 4) is 0 Å². The molecule has 0 saturated heterocycles. The topological polar surface area (TPSA) is 75.2 Å². The van der Waals surface area contributed by atoms with Gasteiger partial charge in [0.15, 0.2) is 0 Å². The second-order valence-corrected chi connectivity index (χ2v) is 4.29. The number of nitrogens with one attached hydrogen (secondary N) is 1. The Hall–Kier alpha value is -2.76. The van der Waals surface area contributed by atoms with Gasteiger partial charge in [0, 0.05) is 26.5 Å². The number of anilines is 1. The summed E-state index contributed by atoms with van der Waals surface area (Å²) in [7, 11) is 3.22. The lowest BCUT2D eigenvalue weighted by molar-refractivity contribution is 0.0816. The second-order valence-electron chi connectivity index (χ2n) is 4.29. The van der Waals surface area contributed by atoms with Crippen molar-refractivity contribution in [1.82, 2.24) is 14.9 Å². The third-order valence-corrected chi connectivity index (χ3v) is 2.58. The monoisotopic (exact) mass is 270 g/mol. The molecule has 6 nitrogen and oxygen atoms in total. The minimum absolute atomic E-state index is 0.124. The number of rotatable bonds is 3. The third-order valence-electron chi connectivity index (χ3n) is 2.58. The molecule has 2 rings (SSSR count). The number of carbonyl (C=O) groups is 2.